The second-order valence-electron chi connectivity index (χ2n) is 8.14. The largest absolute Gasteiger partial charge is 0.483 e. The van der Waals surface area contributed by atoms with Crippen LogP contribution in [0.2, 0.25) is 0 Å². The van der Waals surface area contributed by atoms with Crippen LogP contribution in [0, 0.1) is 5.82 Å². The molecule has 30 heavy (non-hydrogen) atoms. The van der Waals surface area contributed by atoms with Crippen molar-refractivity contribution in [1.82, 2.24) is 24.9 Å². The van der Waals surface area contributed by atoms with Crippen LogP contribution in [0.5, 0.6) is 11.6 Å². The zero-order valence-electron chi connectivity index (χ0n) is 16.5. The van der Waals surface area contributed by atoms with Gasteiger partial charge in [0.25, 0.3) is 0 Å². The Morgan fingerprint density at radius 3 is 3.03 bits per heavy atom. The van der Waals surface area contributed by atoms with Crippen LogP contribution in [0.15, 0.2) is 31.2 Å². The molecule has 1 N–H and O–H groups in total. The fourth-order valence-electron chi connectivity index (χ4n) is 4.36. The molecule has 5 heterocycles. The van der Waals surface area contributed by atoms with E-state index in [1.807, 2.05) is 13.1 Å². The van der Waals surface area contributed by atoms with Crippen LogP contribution in [0.1, 0.15) is 30.9 Å². The van der Waals surface area contributed by atoms with E-state index in [9.17, 15) is 4.39 Å². The summed E-state index contributed by atoms with van der Waals surface area (Å²) >= 11 is 0. The van der Waals surface area contributed by atoms with Crippen LogP contribution in [-0.4, -0.2) is 44.4 Å². The summed E-state index contributed by atoms with van der Waals surface area (Å²) in [4.78, 5) is 11.3. The molecule has 0 amide bonds. The first kappa shape index (κ1) is 17.5. The van der Waals surface area contributed by atoms with E-state index in [1.165, 1.54) is 12.3 Å². The molecule has 0 aromatic carbocycles. The molecule has 0 radical (unpaired) electrons. The Balaban J connectivity index is 1.55. The molecule has 0 saturated heterocycles. The highest BCUT2D eigenvalue weighted by atomic mass is 19.1. The normalized spacial score (nSPS) is 24.9. The summed E-state index contributed by atoms with van der Waals surface area (Å²) in [7, 11) is 0. The third-order valence-corrected chi connectivity index (χ3v) is 6.02. The van der Waals surface area contributed by atoms with E-state index in [0.717, 1.165) is 24.2 Å². The van der Waals surface area contributed by atoms with E-state index in [0.29, 0.717) is 41.7 Å². The highest BCUT2D eigenvalue weighted by molar-refractivity contribution is 5.75. The molecular weight excluding hydrogens is 387 g/mol. The highest BCUT2D eigenvalue weighted by Crippen LogP contribution is 2.43. The number of halogens is 1. The Morgan fingerprint density at radius 2 is 2.20 bits per heavy atom. The summed E-state index contributed by atoms with van der Waals surface area (Å²) in [5, 5.41) is 7.78. The molecule has 3 aromatic rings. The summed E-state index contributed by atoms with van der Waals surface area (Å²) < 4.78 is 27.9. The molecule has 2 bridgehead atoms. The lowest BCUT2D eigenvalue weighted by Gasteiger charge is -2.48. The van der Waals surface area contributed by atoms with Crippen molar-refractivity contribution < 1.29 is 13.9 Å². The number of aromatic nitrogens is 4. The van der Waals surface area contributed by atoms with Crippen molar-refractivity contribution in [3.63, 3.8) is 0 Å². The molecule has 3 aromatic heterocycles. The van der Waals surface area contributed by atoms with Gasteiger partial charge >= 0.3 is 0 Å². The van der Waals surface area contributed by atoms with Crippen molar-refractivity contribution in [2.24, 2.45) is 0 Å². The van der Waals surface area contributed by atoms with E-state index in [-0.39, 0.29) is 24.0 Å². The molecular formula is C21H21FN6O2. The number of pyridine rings is 1. The van der Waals surface area contributed by atoms with Crippen LogP contribution in [0.3, 0.4) is 0 Å². The van der Waals surface area contributed by atoms with Gasteiger partial charge in [0, 0.05) is 11.3 Å². The maximum atomic E-state index is 14.1. The zero-order valence-corrected chi connectivity index (χ0v) is 16.5. The molecule has 3 aliphatic rings. The number of nitrogens with one attached hydrogen (secondary N) is 1. The van der Waals surface area contributed by atoms with Gasteiger partial charge in [0.2, 0.25) is 5.88 Å². The monoisotopic (exact) mass is 408 g/mol. The number of rotatable bonds is 0. The van der Waals surface area contributed by atoms with Crippen molar-refractivity contribution in [3.8, 4) is 11.6 Å². The quantitative estimate of drug-likeness (QED) is 0.613. The maximum absolute atomic E-state index is 14.1. The lowest BCUT2D eigenvalue weighted by molar-refractivity contribution is 0.0715. The van der Waals surface area contributed by atoms with Gasteiger partial charge < -0.3 is 19.7 Å². The van der Waals surface area contributed by atoms with Gasteiger partial charge in [0.05, 0.1) is 42.8 Å². The number of hydrogen-bond acceptors (Lipinski definition) is 7. The fraction of sp³-hybridized carbons (Fsp3) is 0.381. The van der Waals surface area contributed by atoms with E-state index in [2.05, 4.69) is 26.9 Å². The van der Waals surface area contributed by atoms with Crippen molar-refractivity contribution in [2.75, 3.05) is 11.5 Å². The van der Waals surface area contributed by atoms with E-state index in [4.69, 9.17) is 14.5 Å². The van der Waals surface area contributed by atoms with E-state index in [1.54, 1.807) is 10.7 Å². The first-order valence-electron chi connectivity index (χ1n) is 10.1. The molecule has 1 saturated carbocycles. The van der Waals surface area contributed by atoms with Gasteiger partial charge in [0.1, 0.15) is 18.5 Å². The first-order valence-corrected chi connectivity index (χ1v) is 10.1. The number of ether oxygens (including phenoxy) is 2. The Morgan fingerprint density at radius 1 is 1.30 bits per heavy atom. The average Bonchev–Trinajstić information content (AvgIpc) is 3.11. The topological polar surface area (TPSA) is 76.8 Å². The van der Waals surface area contributed by atoms with Crippen molar-refractivity contribution in [3.05, 3.63) is 48.2 Å². The standard InChI is InChI=1S/C21H21FN6O2/c1-11-10-29-21-13(5-14(22)6-23-21)8-27-16-3-4-17(16)30-18-9-28-19(26-20(18)27)15(7-24-28)12(2)25-11/h5-7,9,11,16-17,25H,2-4,8,10H2,1H3/t11-,16-,17+/m1/s1. The Hall–Kier alpha value is -3.36. The second-order valence-corrected chi connectivity index (χ2v) is 8.14. The van der Waals surface area contributed by atoms with Crippen LogP contribution in [0.25, 0.3) is 11.3 Å². The molecule has 6 rings (SSSR count). The molecule has 2 aliphatic heterocycles. The Kier molecular flexibility index (Phi) is 3.68. The third kappa shape index (κ3) is 2.61. The number of nitrogens with zero attached hydrogens (tertiary/aromatic N) is 5. The summed E-state index contributed by atoms with van der Waals surface area (Å²) in [6, 6.07) is 1.63. The first-order chi connectivity index (χ1) is 14.6. The number of anilines is 1. The SMILES string of the molecule is C=C1N[C@H](C)COc2ncc(F)cc2CN2c3nc4c1cnn4cc3O[C@H]1CC[C@H]12. The average molecular weight is 408 g/mol. The fourth-order valence-corrected chi connectivity index (χ4v) is 4.36. The molecule has 1 fully saturated rings. The number of fused-ring (bicyclic) bond motifs is 3. The summed E-state index contributed by atoms with van der Waals surface area (Å²) in [5.74, 6) is 1.44. The molecule has 3 atom stereocenters. The van der Waals surface area contributed by atoms with Crippen molar-refractivity contribution in [2.45, 2.75) is 44.5 Å². The van der Waals surface area contributed by atoms with E-state index < -0.39 is 0 Å². The van der Waals surface area contributed by atoms with Crippen molar-refractivity contribution >= 4 is 17.2 Å². The predicted molar refractivity (Wildman–Crippen MR) is 108 cm³/mol. The highest BCUT2D eigenvalue weighted by Gasteiger charge is 2.44. The van der Waals surface area contributed by atoms with Crippen LogP contribution in [0.4, 0.5) is 10.2 Å². The minimum Gasteiger partial charge on any atom is -0.483 e. The number of hydrogen-bond donors (Lipinski definition) is 1. The lowest BCUT2D eigenvalue weighted by atomic mass is 9.86. The predicted octanol–water partition coefficient (Wildman–Crippen LogP) is 2.53. The second kappa shape index (κ2) is 6.32. The molecule has 154 valence electrons. The van der Waals surface area contributed by atoms with Gasteiger partial charge in [0.15, 0.2) is 17.2 Å². The van der Waals surface area contributed by atoms with Gasteiger partial charge in [-0.05, 0) is 25.8 Å². The van der Waals surface area contributed by atoms with Crippen molar-refractivity contribution in [1.29, 1.82) is 0 Å². The zero-order chi connectivity index (χ0) is 20.4. The molecule has 0 unspecified atom stereocenters. The lowest BCUT2D eigenvalue weighted by Crippen LogP contribution is -2.56. The molecule has 9 heteroatoms. The van der Waals surface area contributed by atoms with Gasteiger partial charge in [-0.15, -0.1) is 0 Å². The maximum Gasteiger partial charge on any atom is 0.218 e. The van der Waals surface area contributed by atoms with Crippen LogP contribution in [-0.2, 0) is 6.54 Å². The molecule has 8 nitrogen and oxygen atoms in total. The van der Waals surface area contributed by atoms with Gasteiger partial charge in [-0.2, -0.15) is 5.10 Å². The smallest absolute Gasteiger partial charge is 0.218 e. The van der Waals surface area contributed by atoms with Gasteiger partial charge in [-0.3, -0.25) is 0 Å². The van der Waals surface area contributed by atoms with Gasteiger partial charge in [-0.1, -0.05) is 6.58 Å². The summed E-state index contributed by atoms with van der Waals surface area (Å²) in [6.45, 7) is 6.96. The molecule has 1 aliphatic carbocycles. The van der Waals surface area contributed by atoms with E-state index >= 15 is 0 Å². The Bertz CT molecular complexity index is 1180. The van der Waals surface area contributed by atoms with Crippen LogP contribution < -0.4 is 19.7 Å². The minimum atomic E-state index is -0.388. The minimum absolute atomic E-state index is 0.0437. The molecule has 0 spiro atoms. The Labute approximate surface area is 172 Å². The summed E-state index contributed by atoms with van der Waals surface area (Å²) in [6.07, 6.45) is 6.86. The third-order valence-electron chi connectivity index (χ3n) is 6.02. The summed E-state index contributed by atoms with van der Waals surface area (Å²) in [5.41, 5.74) is 2.92. The van der Waals surface area contributed by atoms with Crippen LogP contribution >= 0.6 is 0 Å². The van der Waals surface area contributed by atoms with Gasteiger partial charge in [-0.25, -0.2) is 18.9 Å².